The smallest absolute Gasteiger partial charge is 0.299 e. The van der Waals surface area contributed by atoms with Gasteiger partial charge in [-0.2, -0.15) is 0 Å². The lowest BCUT2D eigenvalue weighted by Crippen LogP contribution is -2.35. The van der Waals surface area contributed by atoms with Gasteiger partial charge in [-0.15, -0.1) is 0 Å². The summed E-state index contributed by atoms with van der Waals surface area (Å²) in [6.45, 7) is 3.15. The number of carbonyl (C=O) groups excluding carboxylic acids is 2. The lowest BCUT2D eigenvalue weighted by Gasteiger charge is -2.16. The number of anilines is 1. The topological polar surface area (TPSA) is 49.4 Å². The summed E-state index contributed by atoms with van der Waals surface area (Å²) in [7, 11) is 1.82. The zero-order valence-corrected chi connectivity index (χ0v) is 9.41. The van der Waals surface area contributed by atoms with Crippen LogP contribution >= 0.6 is 0 Å². The third-order valence-electron chi connectivity index (χ3n) is 2.71. The SMILES string of the molecule is CNCCN1C(=O)C(=O)c2ccc(C)cc21. The van der Waals surface area contributed by atoms with E-state index >= 15 is 0 Å². The van der Waals surface area contributed by atoms with Gasteiger partial charge in [-0.05, 0) is 31.7 Å². The number of hydrogen-bond donors (Lipinski definition) is 1. The van der Waals surface area contributed by atoms with Crippen molar-refractivity contribution in [2.24, 2.45) is 0 Å². The second-order valence-electron chi connectivity index (χ2n) is 3.91. The summed E-state index contributed by atoms with van der Waals surface area (Å²) in [6, 6.07) is 5.46. The summed E-state index contributed by atoms with van der Waals surface area (Å²) in [5, 5.41) is 2.97. The molecule has 1 heterocycles. The highest BCUT2D eigenvalue weighted by molar-refractivity contribution is 6.52. The molecule has 0 unspecified atom stereocenters. The second-order valence-corrected chi connectivity index (χ2v) is 3.91. The van der Waals surface area contributed by atoms with Crippen LogP contribution in [0.3, 0.4) is 0 Å². The minimum absolute atomic E-state index is 0.397. The minimum atomic E-state index is -0.421. The van der Waals surface area contributed by atoms with Crippen LogP contribution < -0.4 is 10.2 Å². The van der Waals surface area contributed by atoms with Crippen LogP contribution in [-0.4, -0.2) is 31.8 Å². The van der Waals surface area contributed by atoms with Crippen LogP contribution in [0.5, 0.6) is 0 Å². The Labute approximate surface area is 94.2 Å². The number of Topliss-reactive ketones (excluding diaryl/α,β-unsaturated/α-hetero) is 1. The monoisotopic (exact) mass is 218 g/mol. The Morgan fingerprint density at radius 3 is 2.75 bits per heavy atom. The minimum Gasteiger partial charge on any atom is -0.318 e. The summed E-state index contributed by atoms with van der Waals surface area (Å²) in [5.74, 6) is -0.818. The van der Waals surface area contributed by atoms with Crippen molar-refractivity contribution in [3.63, 3.8) is 0 Å². The molecule has 1 N–H and O–H groups in total. The van der Waals surface area contributed by atoms with E-state index in [0.29, 0.717) is 18.7 Å². The summed E-state index contributed by atoms with van der Waals surface area (Å²) in [5.41, 5.74) is 2.31. The number of hydrogen-bond acceptors (Lipinski definition) is 3. The Hall–Kier alpha value is -1.68. The van der Waals surface area contributed by atoms with Gasteiger partial charge in [0, 0.05) is 13.1 Å². The summed E-state index contributed by atoms with van der Waals surface area (Å²) in [4.78, 5) is 24.9. The molecular formula is C12H14N2O2. The van der Waals surface area contributed by atoms with Gasteiger partial charge in [-0.25, -0.2) is 0 Å². The van der Waals surface area contributed by atoms with Gasteiger partial charge in [0.2, 0.25) is 0 Å². The summed E-state index contributed by atoms with van der Waals surface area (Å²) in [6.07, 6.45) is 0. The number of amides is 1. The largest absolute Gasteiger partial charge is 0.318 e. The quantitative estimate of drug-likeness (QED) is 0.761. The van der Waals surface area contributed by atoms with Crippen LogP contribution in [-0.2, 0) is 4.79 Å². The zero-order valence-electron chi connectivity index (χ0n) is 9.41. The molecule has 1 aromatic carbocycles. The molecule has 1 aromatic rings. The highest BCUT2D eigenvalue weighted by Gasteiger charge is 2.35. The molecule has 0 bridgehead atoms. The Morgan fingerprint density at radius 1 is 1.31 bits per heavy atom. The maximum Gasteiger partial charge on any atom is 0.299 e. The van der Waals surface area contributed by atoms with E-state index in [1.54, 1.807) is 11.0 Å². The average molecular weight is 218 g/mol. The Bertz CT molecular complexity index is 454. The molecule has 1 aliphatic rings. The van der Waals surface area contributed by atoms with Gasteiger partial charge in [0.25, 0.3) is 11.7 Å². The van der Waals surface area contributed by atoms with Gasteiger partial charge in [0.15, 0.2) is 0 Å². The average Bonchev–Trinajstić information content (AvgIpc) is 2.50. The van der Waals surface area contributed by atoms with E-state index in [0.717, 1.165) is 11.3 Å². The number of fused-ring (bicyclic) bond motifs is 1. The third-order valence-corrected chi connectivity index (χ3v) is 2.71. The van der Waals surface area contributed by atoms with E-state index in [1.165, 1.54) is 0 Å². The van der Waals surface area contributed by atoms with Crippen molar-refractivity contribution < 1.29 is 9.59 Å². The summed E-state index contributed by atoms with van der Waals surface area (Å²) >= 11 is 0. The number of likely N-dealkylation sites (N-methyl/N-ethyl adjacent to an activating group) is 1. The predicted octanol–water partition coefficient (Wildman–Crippen LogP) is 0.744. The molecule has 0 radical (unpaired) electrons. The molecule has 16 heavy (non-hydrogen) atoms. The number of nitrogens with one attached hydrogen (secondary N) is 1. The van der Waals surface area contributed by atoms with Crippen molar-refractivity contribution in [1.82, 2.24) is 5.32 Å². The lowest BCUT2D eigenvalue weighted by atomic mass is 10.1. The first kappa shape index (κ1) is 10.8. The van der Waals surface area contributed by atoms with Gasteiger partial charge in [0.05, 0.1) is 11.3 Å². The van der Waals surface area contributed by atoms with E-state index < -0.39 is 11.7 Å². The fraction of sp³-hybridized carbons (Fsp3) is 0.333. The Balaban J connectivity index is 2.39. The molecule has 0 saturated heterocycles. The first-order valence-electron chi connectivity index (χ1n) is 5.26. The first-order chi connectivity index (χ1) is 7.65. The van der Waals surface area contributed by atoms with Crippen LogP contribution in [0.1, 0.15) is 15.9 Å². The van der Waals surface area contributed by atoms with Crippen LogP contribution in [0.4, 0.5) is 5.69 Å². The van der Waals surface area contributed by atoms with E-state index in [4.69, 9.17) is 0 Å². The lowest BCUT2D eigenvalue weighted by molar-refractivity contribution is -0.114. The van der Waals surface area contributed by atoms with Crippen LogP contribution in [0.2, 0.25) is 0 Å². The molecule has 0 spiro atoms. The molecule has 1 aliphatic heterocycles. The second kappa shape index (κ2) is 4.06. The molecule has 0 atom stereocenters. The number of benzene rings is 1. The highest BCUT2D eigenvalue weighted by Crippen LogP contribution is 2.29. The van der Waals surface area contributed by atoms with Crippen molar-refractivity contribution in [3.05, 3.63) is 29.3 Å². The van der Waals surface area contributed by atoms with Gasteiger partial charge in [0.1, 0.15) is 0 Å². The fourth-order valence-electron chi connectivity index (χ4n) is 1.85. The molecular weight excluding hydrogens is 204 g/mol. The van der Waals surface area contributed by atoms with Gasteiger partial charge in [-0.1, -0.05) is 6.07 Å². The molecule has 0 aromatic heterocycles. The molecule has 0 aliphatic carbocycles. The van der Waals surface area contributed by atoms with Crippen molar-refractivity contribution in [2.75, 3.05) is 25.0 Å². The van der Waals surface area contributed by atoms with Crippen molar-refractivity contribution in [1.29, 1.82) is 0 Å². The van der Waals surface area contributed by atoms with E-state index in [-0.39, 0.29) is 0 Å². The zero-order chi connectivity index (χ0) is 11.7. The van der Waals surface area contributed by atoms with Crippen molar-refractivity contribution >= 4 is 17.4 Å². The molecule has 0 saturated carbocycles. The molecule has 4 nitrogen and oxygen atoms in total. The van der Waals surface area contributed by atoms with E-state index in [2.05, 4.69) is 5.32 Å². The maximum absolute atomic E-state index is 11.7. The number of aryl methyl sites for hydroxylation is 1. The van der Waals surface area contributed by atoms with Gasteiger partial charge in [-0.3, -0.25) is 9.59 Å². The van der Waals surface area contributed by atoms with Crippen LogP contribution in [0.15, 0.2) is 18.2 Å². The molecule has 0 fully saturated rings. The predicted molar refractivity (Wildman–Crippen MR) is 61.8 cm³/mol. The molecule has 4 heteroatoms. The van der Waals surface area contributed by atoms with Crippen LogP contribution in [0, 0.1) is 6.92 Å². The van der Waals surface area contributed by atoms with Gasteiger partial charge >= 0.3 is 0 Å². The third kappa shape index (κ3) is 1.61. The van der Waals surface area contributed by atoms with Crippen molar-refractivity contribution in [3.8, 4) is 0 Å². The standard InChI is InChI=1S/C12H14N2O2/c1-8-3-4-9-10(7-8)14(6-5-13-2)12(16)11(9)15/h3-4,7,13H,5-6H2,1-2H3. The number of ketones is 1. The first-order valence-corrected chi connectivity index (χ1v) is 5.26. The Kier molecular flexibility index (Phi) is 2.75. The van der Waals surface area contributed by atoms with Crippen LogP contribution in [0.25, 0.3) is 0 Å². The number of carbonyl (C=O) groups is 2. The Morgan fingerprint density at radius 2 is 2.06 bits per heavy atom. The molecule has 84 valence electrons. The van der Waals surface area contributed by atoms with E-state index in [1.807, 2.05) is 26.1 Å². The van der Waals surface area contributed by atoms with E-state index in [9.17, 15) is 9.59 Å². The highest BCUT2D eigenvalue weighted by atomic mass is 16.2. The molecule has 2 rings (SSSR count). The normalized spacial score (nSPS) is 14.5. The number of rotatable bonds is 3. The maximum atomic E-state index is 11.7. The molecule has 1 amide bonds. The fourth-order valence-corrected chi connectivity index (χ4v) is 1.85. The van der Waals surface area contributed by atoms with Crippen molar-refractivity contribution in [2.45, 2.75) is 6.92 Å². The van der Waals surface area contributed by atoms with Gasteiger partial charge < -0.3 is 10.2 Å². The summed E-state index contributed by atoms with van der Waals surface area (Å²) < 4.78 is 0. The number of nitrogens with zero attached hydrogens (tertiary/aromatic N) is 1.